The summed E-state index contributed by atoms with van der Waals surface area (Å²) >= 11 is 6.61. The van der Waals surface area contributed by atoms with E-state index in [1.54, 1.807) is 12.4 Å². The van der Waals surface area contributed by atoms with Crippen LogP contribution in [-0.2, 0) is 13.1 Å². The van der Waals surface area contributed by atoms with E-state index in [1.165, 1.54) is 5.56 Å². The van der Waals surface area contributed by atoms with Crippen molar-refractivity contribution < 1.29 is 9.90 Å². The molecule has 0 radical (unpaired) electrons. The van der Waals surface area contributed by atoms with E-state index in [9.17, 15) is 4.79 Å². The van der Waals surface area contributed by atoms with Gasteiger partial charge in [-0.05, 0) is 17.2 Å². The predicted octanol–water partition coefficient (Wildman–Crippen LogP) is 3.76. The topological polar surface area (TPSA) is 110 Å². The van der Waals surface area contributed by atoms with Crippen molar-refractivity contribution in [3.63, 3.8) is 0 Å². The molecule has 1 saturated heterocycles. The molecule has 3 N–H and O–H groups in total. The zero-order valence-corrected chi connectivity index (χ0v) is 19.2. The first-order chi connectivity index (χ1) is 16.6. The number of halogens is 1. The summed E-state index contributed by atoms with van der Waals surface area (Å²) in [5.74, 6) is 0.693. The SMILES string of the molecule is O=C(O)NCc1ccc(-c2nc3ncc(Cl)c(N4CCN(Cc5cccnc5)CC4)c3[nH]2)cc1. The summed E-state index contributed by atoms with van der Waals surface area (Å²) < 4.78 is 0. The standard InChI is InChI=1S/C24H24ClN7O2/c25-19-14-27-23-20(29-22(30-23)18-5-3-16(4-6-18)13-28-24(33)34)21(19)32-10-8-31(9-11-32)15-17-2-1-7-26-12-17/h1-7,12,14,28H,8-11,13,15H2,(H,33,34)(H,27,29,30). The van der Waals surface area contributed by atoms with Crippen LogP contribution in [0.25, 0.3) is 22.6 Å². The van der Waals surface area contributed by atoms with Crippen molar-refractivity contribution in [2.24, 2.45) is 0 Å². The van der Waals surface area contributed by atoms with Crippen molar-refractivity contribution in [1.82, 2.24) is 30.2 Å². The number of pyridine rings is 2. The third-order valence-electron chi connectivity index (χ3n) is 5.94. The van der Waals surface area contributed by atoms with E-state index >= 15 is 0 Å². The number of imidazole rings is 1. The maximum absolute atomic E-state index is 10.7. The number of aromatic amines is 1. The van der Waals surface area contributed by atoms with Gasteiger partial charge in [0.05, 0.1) is 16.9 Å². The Labute approximate surface area is 201 Å². The average Bonchev–Trinajstić information content (AvgIpc) is 3.29. The maximum Gasteiger partial charge on any atom is 0.404 e. The summed E-state index contributed by atoms with van der Waals surface area (Å²) in [5, 5.41) is 11.7. The minimum atomic E-state index is -1.05. The Morgan fingerprint density at radius 1 is 1.09 bits per heavy atom. The number of piperazine rings is 1. The highest BCUT2D eigenvalue weighted by Gasteiger charge is 2.23. The van der Waals surface area contributed by atoms with Gasteiger partial charge in [-0.25, -0.2) is 14.8 Å². The summed E-state index contributed by atoms with van der Waals surface area (Å²) in [6.45, 7) is 4.67. The molecule has 0 spiro atoms. The lowest BCUT2D eigenvalue weighted by Crippen LogP contribution is -2.46. The minimum Gasteiger partial charge on any atom is -0.465 e. The van der Waals surface area contributed by atoms with Crippen LogP contribution in [0.4, 0.5) is 10.5 Å². The minimum absolute atomic E-state index is 0.254. The summed E-state index contributed by atoms with van der Waals surface area (Å²) in [6.07, 6.45) is 4.32. The van der Waals surface area contributed by atoms with Gasteiger partial charge in [-0.3, -0.25) is 9.88 Å². The Hall–Kier alpha value is -3.69. The number of nitrogens with one attached hydrogen (secondary N) is 2. The quantitative estimate of drug-likeness (QED) is 0.387. The number of rotatable bonds is 6. The second-order valence-corrected chi connectivity index (χ2v) is 8.63. The lowest BCUT2D eigenvalue weighted by atomic mass is 10.1. The Morgan fingerprint density at radius 2 is 1.88 bits per heavy atom. The monoisotopic (exact) mass is 477 g/mol. The first kappa shape index (κ1) is 22.1. The smallest absolute Gasteiger partial charge is 0.404 e. The van der Waals surface area contributed by atoms with Gasteiger partial charge in [0.2, 0.25) is 0 Å². The van der Waals surface area contributed by atoms with Gasteiger partial charge >= 0.3 is 6.09 Å². The van der Waals surface area contributed by atoms with Gasteiger partial charge in [-0.15, -0.1) is 0 Å². The molecule has 0 atom stereocenters. The number of amides is 1. The molecule has 0 saturated carbocycles. The number of H-pyrrole nitrogens is 1. The zero-order valence-electron chi connectivity index (χ0n) is 18.4. The number of hydrogen-bond acceptors (Lipinski definition) is 6. The molecule has 1 aliphatic heterocycles. The highest BCUT2D eigenvalue weighted by atomic mass is 35.5. The molecule has 0 unspecified atom stereocenters. The largest absolute Gasteiger partial charge is 0.465 e. The number of aromatic nitrogens is 4. The van der Waals surface area contributed by atoms with E-state index in [4.69, 9.17) is 16.7 Å². The molecule has 1 aliphatic rings. The molecule has 9 nitrogen and oxygen atoms in total. The van der Waals surface area contributed by atoms with Crippen LogP contribution >= 0.6 is 11.6 Å². The number of fused-ring (bicyclic) bond motifs is 1. The van der Waals surface area contributed by atoms with Crippen molar-refractivity contribution in [2.75, 3.05) is 31.1 Å². The fourth-order valence-electron chi connectivity index (χ4n) is 4.20. The van der Waals surface area contributed by atoms with Crippen LogP contribution in [0.1, 0.15) is 11.1 Å². The fourth-order valence-corrected chi connectivity index (χ4v) is 4.47. The van der Waals surface area contributed by atoms with Gasteiger partial charge in [-0.2, -0.15) is 0 Å². The fraction of sp³-hybridized carbons (Fsp3) is 0.250. The summed E-state index contributed by atoms with van der Waals surface area (Å²) in [4.78, 5) is 32.1. The second-order valence-electron chi connectivity index (χ2n) is 8.22. The van der Waals surface area contributed by atoms with Crippen LogP contribution in [0.2, 0.25) is 5.02 Å². The molecule has 1 amide bonds. The van der Waals surface area contributed by atoms with Crippen LogP contribution < -0.4 is 10.2 Å². The van der Waals surface area contributed by atoms with Crippen LogP contribution in [0.3, 0.4) is 0 Å². The molecule has 4 heterocycles. The number of carboxylic acid groups (broad SMARTS) is 1. The van der Waals surface area contributed by atoms with E-state index in [0.717, 1.165) is 55.1 Å². The number of benzene rings is 1. The van der Waals surface area contributed by atoms with E-state index in [1.807, 2.05) is 36.5 Å². The highest BCUT2D eigenvalue weighted by Crippen LogP contribution is 2.34. The summed E-state index contributed by atoms with van der Waals surface area (Å²) in [5.41, 5.74) is 5.33. The lowest BCUT2D eigenvalue weighted by Gasteiger charge is -2.36. The van der Waals surface area contributed by atoms with Crippen LogP contribution in [0.5, 0.6) is 0 Å². The molecular formula is C24H24ClN7O2. The first-order valence-electron chi connectivity index (χ1n) is 11.0. The lowest BCUT2D eigenvalue weighted by molar-refractivity contribution is 0.194. The molecule has 34 heavy (non-hydrogen) atoms. The van der Waals surface area contributed by atoms with Crippen LogP contribution in [0, 0.1) is 0 Å². The molecule has 3 aromatic heterocycles. The van der Waals surface area contributed by atoms with Gasteiger partial charge in [0.25, 0.3) is 0 Å². The third-order valence-corrected chi connectivity index (χ3v) is 6.21. The number of nitrogens with zero attached hydrogens (tertiary/aromatic N) is 5. The van der Waals surface area contributed by atoms with Gasteiger partial charge in [0, 0.05) is 57.2 Å². The molecule has 0 aliphatic carbocycles. The summed E-state index contributed by atoms with van der Waals surface area (Å²) in [6, 6.07) is 11.6. The molecule has 1 aromatic carbocycles. The molecule has 174 valence electrons. The molecule has 1 fully saturated rings. The van der Waals surface area contributed by atoms with Crippen molar-refractivity contribution in [2.45, 2.75) is 13.1 Å². The third kappa shape index (κ3) is 4.80. The Morgan fingerprint density at radius 3 is 2.59 bits per heavy atom. The molecular weight excluding hydrogens is 454 g/mol. The number of anilines is 1. The Kier molecular flexibility index (Phi) is 6.29. The van der Waals surface area contributed by atoms with E-state index in [-0.39, 0.29) is 6.54 Å². The predicted molar refractivity (Wildman–Crippen MR) is 131 cm³/mol. The van der Waals surface area contributed by atoms with Crippen molar-refractivity contribution in [3.05, 3.63) is 71.1 Å². The van der Waals surface area contributed by atoms with Crippen LogP contribution in [0.15, 0.2) is 55.0 Å². The van der Waals surface area contributed by atoms with Crippen molar-refractivity contribution in [1.29, 1.82) is 0 Å². The van der Waals surface area contributed by atoms with Crippen molar-refractivity contribution >= 4 is 34.5 Å². The first-order valence-corrected chi connectivity index (χ1v) is 11.4. The second kappa shape index (κ2) is 9.66. The van der Waals surface area contributed by atoms with Gasteiger partial charge in [0.15, 0.2) is 5.65 Å². The van der Waals surface area contributed by atoms with Gasteiger partial charge in [-0.1, -0.05) is 41.9 Å². The van der Waals surface area contributed by atoms with E-state index in [0.29, 0.717) is 16.5 Å². The number of hydrogen-bond donors (Lipinski definition) is 3. The highest BCUT2D eigenvalue weighted by molar-refractivity contribution is 6.34. The van der Waals surface area contributed by atoms with E-state index in [2.05, 4.69) is 41.1 Å². The average molecular weight is 478 g/mol. The molecule has 4 aromatic rings. The molecule has 5 rings (SSSR count). The molecule has 10 heteroatoms. The molecule has 0 bridgehead atoms. The number of carbonyl (C=O) groups is 1. The maximum atomic E-state index is 10.7. The summed E-state index contributed by atoms with van der Waals surface area (Å²) in [7, 11) is 0. The van der Waals surface area contributed by atoms with Crippen molar-refractivity contribution in [3.8, 4) is 11.4 Å². The zero-order chi connectivity index (χ0) is 23.5. The van der Waals surface area contributed by atoms with Gasteiger partial charge in [0.1, 0.15) is 11.3 Å². The Balaban J connectivity index is 1.34. The normalized spacial score (nSPS) is 14.4. The van der Waals surface area contributed by atoms with E-state index < -0.39 is 6.09 Å². The van der Waals surface area contributed by atoms with Crippen LogP contribution in [-0.4, -0.2) is 62.2 Å². The van der Waals surface area contributed by atoms with Gasteiger partial charge < -0.3 is 20.3 Å². The Bertz CT molecular complexity index is 1290.